The number of carbonyl (C=O) groups is 1. The highest BCUT2D eigenvalue weighted by atomic mass is 16.2. The van der Waals surface area contributed by atoms with E-state index in [1.807, 2.05) is 41.4 Å². The number of nitrogen functional groups attached to an aromatic ring is 1. The maximum absolute atomic E-state index is 12.7. The Morgan fingerprint density at radius 1 is 0.929 bits per heavy atom. The van der Waals surface area contributed by atoms with Crippen molar-refractivity contribution in [1.82, 2.24) is 15.3 Å². The van der Waals surface area contributed by atoms with Crippen molar-refractivity contribution in [2.75, 3.05) is 5.73 Å². The number of aromatic nitrogens is 2. The molecule has 7 heteroatoms. The molecule has 4 rings (SSSR count). The molecule has 1 amide bonds. The zero-order valence-electron chi connectivity index (χ0n) is 15.1. The first-order valence-electron chi connectivity index (χ1n) is 9.11. The highest BCUT2D eigenvalue weighted by Crippen LogP contribution is 2.41. The number of aromatic amines is 2. The summed E-state index contributed by atoms with van der Waals surface area (Å²) in [6, 6.07) is 18.0. The van der Waals surface area contributed by atoms with Gasteiger partial charge in [-0.2, -0.15) is 0 Å². The Kier molecular flexibility index (Phi) is 4.57. The van der Waals surface area contributed by atoms with E-state index in [-0.39, 0.29) is 23.3 Å². The van der Waals surface area contributed by atoms with E-state index in [0.29, 0.717) is 0 Å². The van der Waals surface area contributed by atoms with E-state index in [0.717, 1.165) is 24.0 Å². The van der Waals surface area contributed by atoms with Gasteiger partial charge in [0.15, 0.2) is 0 Å². The molecule has 0 fully saturated rings. The minimum atomic E-state index is -0.776. The van der Waals surface area contributed by atoms with Crippen molar-refractivity contribution in [3.63, 3.8) is 0 Å². The van der Waals surface area contributed by atoms with Crippen molar-refractivity contribution in [3.05, 3.63) is 97.8 Å². The molecule has 0 saturated carbocycles. The van der Waals surface area contributed by atoms with Crippen LogP contribution in [-0.2, 0) is 0 Å². The first-order valence-corrected chi connectivity index (χ1v) is 9.11. The summed E-state index contributed by atoms with van der Waals surface area (Å²) in [4.78, 5) is 40.2. The molecule has 0 saturated heterocycles. The Hall–Kier alpha value is -3.61. The van der Waals surface area contributed by atoms with Crippen LogP contribution in [0.3, 0.4) is 0 Å². The van der Waals surface area contributed by atoms with E-state index < -0.39 is 17.2 Å². The largest absolute Gasteiger partial charge is 0.392 e. The maximum Gasteiger partial charge on any atom is 0.326 e. The molecule has 2 aromatic carbocycles. The molecule has 5 N–H and O–H groups in total. The van der Waals surface area contributed by atoms with Gasteiger partial charge in [0.2, 0.25) is 0 Å². The topological polar surface area (TPSA) is 121 Å². The molecule has 2 unspecified atom stereocenters. The lowest BCUT2D eigenvalue weighted by Crippen LogP contribution is -2.36. The number of hydrogen-bond donors (Lipinski definition) is 4. The van der Waals surface area contributed by atoms with Crippen LogP contribution in [0.15, 0.2) is 64.2 Å². The molecular formula is C21H20N4O3. The highest BCUT2D eigenvalue weighted by Gasteiger charge is 2.29. The number of nitrogens with one attached hydrogen (secondary N) is 3. The molecule has 0 spiro atoms. The van der Waals surface area contributed by atoms with Gasteiger partial charge in [0.1, 0.15) is 11.4 Å². The normalized spacial score (nSPS) is 18.3. The van der Waals surface area contributed by atoms with Crippen LogP contribution in [-0.4, -0.2) is 15.9 Å². The Labute approximate surface area is 160 Å². The highest BCUT2D eigenvalue weighted by molar-refractivity contribution is 5.97. The molecular weight excluding hydrogens is 356 g/mol. The molecule has 3 aromatic rings. The Balaban J connectivity index is 1.65. The minimum absolute atomic E-state index is 0.212. The molecule has 1 aliphatic carbocycles. The van der Waals surface area contributed by atoms with Crippen LogP contribution in [0.4, 0.5) is 5.69 Å². The molecule has 0 aliphatic heterocycles. The van der Waals surface area contributed by atoms with E-state index in [1.165, 1.54) is 5.56 Å². The third kappa shape index (κ3) is 3.22. The van der Waals surface area contributed by atoms with Gasteiger partial charge in [0.05, 0.1) is 6.04 Å². The second-order valence-electron chi connectivity index (χ2n) is 6.89. The van der Waals surface area contributed by atoms with Crippen LogP contribution in [0.5, 0.6) is 0 Å². The third-order valence-corrected chi connectivity index (χ3v) is 5.20. The van der Waals surface area contributed by atoms with Crippen molar-refractivity contribution in [2.24, 2.45) is 0 Å². The smallest absolute Gasteiger partial charge is 0.326 e. The van der Waals surface area contributed by atoms with Crippen LogP contribution in [0, 0.1) is 0 Å². The number of carbonyl (C=O) groups excluding carboxylic acids is 1. The number of nitrogens with two attached hydrogens (primary N) is 1. The van der Waals surface area contributed by atoms with Gasteiger partial charge in [0.25, 0.3) is 11.5 Å². The van der Waals surface area contributed by atoms with E-state index in [1.54, 1.807) is 0 Å². The molecule has 1 aliphatic rings. The van der Waals surface area contributed by atoms with Crippen molar-refractivity contribution in [1.29, 1.82) is 0 Å². The molecule has 1 heterocycles. The fourth-order valence-corrected chi connectivity index (χ4v) is 3.88. The van der Waals surface area contributed by atoms with Crippen molar-refractivity contribution in [3.8, 4) is 0 Å². The standard InChI is InChI=1S/C21H20N4O3/c22-17-18(24-21(28)25-19(17)26)20(27)23-16-11-10-13(12-6-2-1-3-7-12)14-8-4-5-9-15(14)16/h1-9,13,16H,10-11,22H2,(H,23,27)(H2,24,25,26,28). The molecule has 142 valence electrons. The second-order valence-corrected chi connectivity index (χ2v) is 6.89. The average molecular weight is 376 g/mol. The van der Waals surface area contributed by atoms with Gasteiger partial charge in [-0.15, -0.1) is 0 Å². The SMILES string of the molecule is Nc1c(C(=O)NC2CCC(c3ccccc3)c3ccccc32)[nH]c(=O)[nH]c1=O. The molecule has 1 aromatic heterocycles. The summed E-state index contributed by atoms with van der Waals surface area (Å²) in [6.07, 6.45) is 1.60. The van der Waals surface area contributed by atoms with Gasteiger partial charge in [-0.25, -0.2) is 4.79 Å². The van der Waals surface area contributed by atoms with Crippen molar-refractivity contribution in [2.45, 2.75) is 24.8 Å². The van der Waals surface area contributed by atoms with Crippen LogP contribution >= 0.6 is 0 Å². The third-order valence-electron chi connectivity index (χ3n) is 5.20. The summed E-state index contributed by atoms with van der Waals surface area (Å²) in [5, 5.41) is 2.92. The van der Waals surface area contributed by atoms with Gasteiger partial charge in [0, 0.05) is 5.92 Å². The van der Waals surface area contributed by atoms with E-state index >= 15 is 0 Å². The predicted octanol–water partition coefficient (Wildman–Crippen LogP) is 2.04. The van der Waals surface area contributed by atoms with Crippen LogP contribution in [0.2, 0.25) is 0 Å². The number of rotatable bonds is 3. The minimum Gasteiger partial charge on any atom is -0.392 e. The lowest BCUT2D eigenvalue weighted by Gasteiger charge is -2.32. The van der Waals surface area contributed by atoms with E-state index in [4.69, 9.17) is 5.73 Å². The quantitative estimate of drug-likeness (QED) is 0.559. The summed E-state index contributed by atoms with van der Waals surface area (Å²) in [5.74, 6) is -0.311. The van der Waals surface area contributed by atoms with Crippen LogP contribution in [0.25, 0.3) is 0 Å². The summed E-state index contributed by atoms with van der Waals surface area (Å²) < 4.78 is 0. The monoisotopic (exact) mass is 376 g/mol. The first kappa shape index (κ1) is 17.8. The summed E-state index contributed by atoms with van der Waals surface area (Å²) in [6.45, 7) is 0. The Morgan fingerprint density at radius 2 is 1.61 bits per heavy atom. The molecule has 28 heavy (non-hydrogen) atoms. The van der Waals surface area contributed by atoms with Crippen LogP contribution < -0.4 is 22.3 Å². The number of H-pyrrole nitrogens is 2. The molecule has 2 atom stereocenters. The Bertz CT molecular complexity index is 1130. The molecule has 7 nitrogen and oxygen atoms in total. The van der Waals surface area contributed by atoms with Gasteiger partial charge >= 0.3 is 5.69 Å². The number of fused-ring (bicyclic) bond motifs is 1. The van der Waals surface area contributed by atoms with Gasteiger partial charge < -0.3 is 16.0 Å². The fraction of sp³-hybridized carbons (Fsp3) is 0.190. The zero-order valence-corrected chi connectivity index (χ0v) is 15.1. The Morgan fingerprint density at radius 3 is 2.36 bits per heavy atom. The molecule has 0 radical (unpaired) electrons. The number of anilines is 1. The van der Waals surface area contributed by atoms with E-state index in [2.05, 4.69) is 28.5 Å². The van der Waals surface area contributed by atoms with Gasteiger partial charge in [-0.3, -0.25) is 14.6 Å². The zero-order chi connectivity index (χ0) is 19.7. The molecule has 0 bridgehead atoms. The maximum atomic E-state index is 12.7. The average Bonchev–Trinajstić information content (AvgIpc) is 2.71. The lowest BCUT2D eigenvalue weighted by molar-refractivity contribution is 0.0927. The van der Waals surface area contributed by atoms with Crippen LogP contribution in [0.1, 0.15) is 52.0 Å². The van der Waals surface area contributed by atoms with Gasteiger partial charge in [-0.1, -0.05) is 54.6 Å². The summed E-state index contributed by atoms with van der Waals surface area (Å²) in [7, 11) is 0. The fourth-order valence-electron chi connectivity index (χ4n) is 3.88. The summed E-state index contributed by atoms with van der Waals surface area (Å²) >= 11 is 0. The number of hydrogen-bond acceptors (Lipinski definition) is 4. The van der Waals surface area contributed by atoms with E-state index in [9.17, 15) is 14.4 Å². The van der Waals surface area contributed by atoms with Crippen molar-refractivity contribution < 1.29 is 4.79 Å². The van der Waals surface area contributed by atoms with Crippen molar-refractivity contribution >= 4 is 11.6 Å². The lowest BCUT2D eigenvalue weighted by atomic mass is 9.77. The number of amides is 1. The van der Waals surface area contributed by atoms with Gasteiger partial charge in [-0.05, 0) is 29.5 Å². The predicted molar refractivity (Wildman–Crippen MR) is 106 cm³/mol. The second kappa shape index (κ2) is 7.19. The summed E-state index contributed by atoms with van der Waals surface area (Å²) in [5.41, 5.74) is 7.05. The number of benzene rings is 2. The first-order chi connectivity index (χ1) is 13.5.